The molecule has 0 spiro atoms. The van der Waals surface area contributed by atoms with Crippen molar-refractivity contribution < 1.29 is 26.4 Å². The molecule has 0 unspecified atom stereocenters. The molecule has 1 saturated heterocycles. The first kappa shape index (κ1) is 26.5. The van der Waals surface area contributed by atoms with Gasteiger partial charge in [-0.1, -0.05) is 0 Å². The van der Waals surface area contributed by atoms with E-state index in [1.165, 1.54) is 11.0 Å². The van der Waals surface area contributed by atoms with Crippen molar-refractivity contribution in [3.63, 3.8) is 0 Å². The van der Waals surface area contributed by atoms with Gasteiger partial charge in [-0.05, 0) is 38.1 Å². The molecule has 13 heteroatoms. The molecule has 198 valence electrons. The van der Waals surface area contributed by atoms with Crippen molar-refractivity contribution in [1.82, 2.24) is 14.9 Å². The number of aromatic nitrogens is 2. The Morgan fingerprint density at radius 1 is 1.11 bits per heavy atom. The highest BCUT2D eigenvalue weighted by atomic mass is 32.2. The molecule has 4 rings (SSSR count). The van der Waals surface area contributed by atoms with Crippen LogP contribution >= 0.6 is 0 Å². The van der Waals surface area contributed by atoms with Crippen LogP contribution in [0.3, 0.4) is 0 Å². The molecule has 1 aromatic heterocycles. The number of nitrogen functional groups attached to an aromatic ring is 1. The summed E-state index contributed by atoms with van der Waals surface area (Å²) in [6.07, 6.45) is -3.02. The topological polar surface area (TPSA) is 130 Å². The fraction of sp³-hybridized carbons (Fsp3) is 0.375. The van der Waals surface area contributed by atoms with Crippen LogP contribution in [0.15, 0.2) is 24.3 Å². The van der Waals surface area contributed by atoms with E-state index >= 15 is 0 Å². The van der Waals surface area contributed by atoms with E-state index in [0.29, 0.717) is 33.8 Å². The maximum absolute atomic E-state index is 14.8. The molecule has 9 nitrogen and oxygen atoms in total. The molecular weight excluding hydrogens is 509 g/mol. The number of carbonyl (C=O) groups is 1. The van der Waals surface area contributed by atoms with Crippen LogP contribution in [0.4, 0.5) is 30.4 Å². The highest BCUT2D eigenvalue weighted by Crippen LogP contribution is 2.34. The predicted octanol–water partition coefficient (Wildman–Crippen LogP) is 3.68. The van der Waals surface area contributed by atoms with Gasteiger partial charge in [-0.25, -0.2) is 31.6 Å². The standard InChI is InChI=1S/C24H27F3N6O3S/c1-12(15-8-14(28)9-18(21(15)25)22(26)27)30-23-16-10-19(29-3)17(11-20(16)31-13(2)32-23)24(34)33-4-6-37(35,36)7-5-33/h8-12,22,29H,4-7,28H2,1-3H3,(H,30,31,32)/t12-/m1/s1. The number of hydrogen-bond donors (Lipinski definition) is 3. The molecule has 2 heterocycles. The first-order valence-corrected chi connectivity index (χ1v) is 13.4. The van der Waals surface area contributed by atoms with Crippen molar-refractivity contribution in [2.45, 2.75) is 26.3 Å². The largest absolute Gasteiger partial charge is 0.399 e. The maximum atomic E-state index is 14.8. The number of fused-ring (bicyclic) bond motifs is 1. The summed E-state index contributed by atoms with van der Waals surface area (Å²) in [5, 5.41) is 6.56. The summed E-state index contributed by atoms with van der Waals surface area (Å²) < 4.78 is 65.0. The molecule has 1 atom stereocenters. The molecule has 0 aliphatic carbocycles. The van der Waals surface area contributed by atoms with Gasteiger partial charge < -0.3 is 21.3 Å². The number of alkyl halides is 2. The smallest absolute Gasteiger partial charge is 0.266 e. The van der Waals surface area contributed by atoms with Gasteiger partial charge in [0.15, 0.2) is 9.84 Å². The molecule has 0 bridgehead atoms. The summed E-state index contributed by atoms with van der Waals surface area (Å²) in [4.78, 5) is 23.6. The van der Waals surface area contributed by atoms with Gasteiger partial charge in [0.25, 0.3) is 12.3 Å². The van der Waals surface area contributed by atoms with Crippen LogP contribution in [0.25, 0.3) is 10.9 Å². The highest BCUT2D eigenvalue weighted by molar-refractivity contribution is 7.91. The number of hydrogen-bond acceptors (Lipinski definition) is 8. The van der Waals surface area contributed by atoms with Crippen molar-refractivity contribution in [1.29, 1.82) is 0 Å². The molecule has 1 aliphatic rings. The van der Waals surface area contributed by atoms with E-state index in [4.69, 9.17) is 5.73 Å². The summed E-state index contributed by atoms with van der Waals surface area (Å²) in [5.41, 5.74) is 6.13. The number of rotatable bonds is 6. The van der Waals surface area contributed by atoms with Crippen molar-refractivity contribution in [2.24, 2.45) is 0 Å². The number of nitrogens with one attached hydrogen (secondary N) is 2. The molecule has 0 radical (unpaired) electrons. The lowest BCUT2D eigenvalue weighted by Crippen LogP contribution is -2.43. The molecule has 2 aromatic carbocycles. The van der Waals surface area contributed by atoms with Gasteiger partial charge in [0.2, 0.25) is 0 Å². The quantitative estimate of drug-likeness (QED) is 0.407. The first-order chi connectivity index (χ1) is 17.4. The Balaban J connectivity index is 1.72. The van der Waals surface area contributed by atoms with Crippen LogP contribution in [0.2, 0.25) is 0 Å². The minimum absolute atomic E-state index is 0.00946. The second-order valence-electron chi connectivity index (χ2n) is 8.91. The minimum atomic E-state index is -3.16. The number of benzene rings is 2. The summed E-state index contributed by atoms with van der Waals surface area (Å²) >= 11 is 0. The van der Waals surface area contributed by atoms with Gasteiger partial charge in [0, 0.05) is 42.5 Å². The summed E-state index contributed by atoms with van der Waals surface area (Å²) in [6, 6.07) is 4.68. The fourth-order valence-corrected chi connectivity index (χ4v) is 5.52. The molecule has 4 N–H and O–H groups in total. The highest BCUT2D eigenvalue weighted by Gasteiger charge is 2.28. The zero-order valence-corrected chi connectivity index (χ0v) is 21.3. The lowest BCUT2D eigenvalue weighted by Gasteiger charge is -2.27. The van der Waals surface area contributed by atoms with Gasteiger partial charge in [0.1, 0.15) is 17.5 Å². The Kier molecular flexibility index (Phi) is 7.18. The van der Waals surface area contributed by atoms with Crippen LogP contribution < -0.4 is 16.4 Å². The Labute approximate surface area is 212 Å². The van der Waals surface area contributed by atoms with Crippen LogP contribution in [0.1, 0.15) is 46.7 Å². The predicted molar refractivity (Wildman–Crippen MR) is 136 cm³/mol. The van der Waals surface area contributed by atoms with E-state index in [1.807, 2.05) is 0 Å². The van der Waals surface area contributed by atoms with E-state index < -0.39 is 33.7 Å². The van der Waals surface area contributed by atoms with Crippen molar-refractivity contribution in [2.75, 3.05) is 48.0 Å². The Morgan fingerprint density at radius 3 is 2.38 bits per heavy atom. The van der Waals surface area contributed by atoms with Crippen molar-refractivity contribution in [3.05, 3.63) is 52.6 Å². The third-order valence-corrected chi connectivity index (χ3v) is 7.89. The Morgan fingerprint density at radius 2 is 1.76 bits per heavy atom. The summed E-state index contributed by atoms with van der Waals surface area (Å²) in [6.45, 7) is 3.44. The van der Waals surface area contributed by atoms with Crippen LogP contribution in [-0.4, -0.2) is 60.8 Å². The number of nitrogens with two attached hydrogens (primary N) is 1. The lowest BCUT2D eigenvalue weighted by molar-refractivity contribution is 0.0771. The third-order valence-electron chi connectivity index (χ3n) is 6.28. The van der Waals surface area contributed by atoms with E-state index in [1.54, 1.807) is 33.0 Å². The molecule has 37 heavy (non-hydrogen) atoms. The zero-order chi connectivity index (χ0) is 27.1. The van der Waals surface area contributed by atoms with E-state index in [-0.39, 0.29) is 41.8 Å². The van der Waals surface area contributed by atoms with Crippen LogP contribution in [0, 0.1) is 12.7 Å². The van der Waals surface area contributed by atoms with Gasteiger partial charge in [0.05, 0.1) is 34.2 Å². The Bertz CT molecular complexity index is 1470. The third kappa shape index (κ3) is 5.41. The molecule has 1 aliphatic heterocycles. The van der Waals surface area contributed by atoms with Crippen molar-refractivity contribution in [3.8, 4) is 0 Å². The summed E-state index contributed by atoms with van der Waals surface area (Å²) in [5.74, 6) is -0.892. The second-order valence-corrected chi connectivity index (χ2v) is 11.2. The second kappa shape index (κ2) is 10.0. The van der Waals surface area contributed by atoms with Gasteiger partial charge in [-0.3, -0.25) is 4.79 Å². The number of amides is 1. The normalized spacial score (nSPS) is 16.1. The molecule has 1 amide bonds. The minimum Gasteiger partial charge on any atom is -0.399 e. The summed E-state index contributed by atoms with van der Waals surface area (Å²) in [7, 11) is -1.52. The average Bonchev–Trinajstić information content (AvgIpc) is 2.83. The first-order valence-electron chi connectivity index (χ1n) is 11.5. The number of nitrogens with zero attached hydrogens (tertiary/aromatic N) is 3. The van der Waals surface area contributed by atoms with Crippen molar-refractivity contribution >= 4 is 43.8 Å². The maximum Gasteiger partial charge on any atom is 0.266 e. The van der Waals surface area contributed by atoms with E-state index in [0.717, 1.165) is 6.07 Å². The van der Waals surface area contributed by atoms with Crippen LogP contribution in [0.5, 0.6) is 0 Å². The Hall–Kier alpha value is -3.61. The van der Waals surface area contributed by atoms with E-state index in [9.17, 15) is 26.4 Å². The number of aryl methyl sites for hydroxylation is 1. The van der Waals surface area contributed by atoms with Gasteiger partial charge in [-0.15, -0.1) is 0 Å². The van der Waals surface area contributed by atoms with Gasteiger partial charge >= 0.3 is 0 Å². The van der Waals surface area contributed by atoms with Gasteiger partial charge in [-0.2, -0.15) is 0 Å². The molecular formula is C24H27F3N6O3S. The monoisotopic (exact) mass is 536 g/mol. The van der Waals surface area contributed by atoms with Crippen LogP contribution in [-0.2, 0) is 9.84 Å². The molecule has 3 aromatic rings. The molecule has 1 fully saturated rings. The molecule has 0 saturated carbocycles. The number of sulfone groups is 1. The van der Waals surface area contributed by atoms with E-state index in [2.05, 4.69) is 20.6 Å². The lowest BCUT2D eigenvalue weighted by atomic mass is 10.0. The SMILES string of the molecule is CNc1cc2c(N[C@H](C)c3cc(N)cc(C(F)F)c3F)nc(C)nc2cc1C(=O)N1CCS(=O)(=O)CC1. The number of carbonyl (C=O) groups excluding carboxylic acids is 1. The number of halogens is 3. The number of anilines is 3. The average molecular weight is 537 g/mol. The fourth-order valence-electron chi connectivity index (χ4n) is 4.32. The zero-order valence-electron chi connectivity index (χ0n) is 20.5.